The van der Waals surface area contributed by atoms with Gasteiger partial charge in [-0.2, -0.15) is 0 Å². The number of aliphatic hydroxyl groups excluding tert-OH is 1. The van der Waals surface area contributed by atoms with E-state index in [1.807, 2.05) is 0 Å². The lowest BCUT2D eigenvalue weighted by atomic mass is 10.2. The molecule has 0 bridgehead atoms. The van der Waals surface area contributed by atoms with Crippen LogP contribution in [0.25, 0.3) is 0 Å². The van der Waals surface area contributed by atoms with Crippen LogP contribution in [0.4, 0.5) is 5.69 Å². The van der Waals surface area contributed by atoms with Gasteiger partial charge in [0.2, 0.25) is 0 Å². The monoisotopic (exact) mass is 196 g/mol. The number of pyridine rings is 1. The zero-order valence-corrected chi connectivity index (χ0v) is 7.77. The fourth-order valence-corrected chi connectivity index (χ4v) is 0.919. The van der Waals surface area contributed by atoms with Crippen molar-refractivity contribution in [2.45, 2.75) is 13.0 Å². The molecule has 1 heterocycles. The molecule has 0 fully saturated rings. The van der Waals surface area contributed by atoms with Crippen molar-refractivity contribution in [3.63, 3.8) is 0 Å². The Hall–Kier alpha value is -1.62. The van der Waals surface area contributed by atoms with Gasteiger partial charge in [-0.15, -0.1) is 0 Å². The van der Waals surface area contributed by atoms with Crippen molar-refractivity contribution in [1.82, 2.24) is 4.98 Å². The third-order valence-electron chi connectivity index (χ3n) is 1.59. The van der Waals surface area contributed by atoms with E-state index >= 15 is 0 Å². The molecule has 14 heavy (non-hydrogen) atoms. The fraction of sp³-hybridized carbons (Fsp3) is 0.333. The van der Waals surface area contributed by atoms with Crippen molar-refractivity contribution in [2.24, 2.45) is 0 Å². The summed E-state index contributed by atoms with van der Waals surface area (Å²) in [6, 6.07) is 1.47. The summed E-state index contributed by atoms with van der Waals surface area (Å²) in [6.45, 7) is 2.01. The van der Waals surface area contributed by atoms with E-state index in [-0.39, 0.29) is 5.56 Å². The number of carboxylic acid groups (broad SMARTS) is 1. The number of hydrogen-bond donors (Lipinski definition) is 3. The predicted octanol–water partition coefficient (Wildman–Crippen LogP) is 0.573. The number of nitrogens with one attached hydrogen (secondary N) is 1. The summed E-state index contributed by atoms with van der Waals surface area (Å²) < 4.78 is 0. The van der Waals surface area contributed by atoms with Gasteiger partial charge < -0.3 is 15.5 Å². The zero-order valence-electron chi connectivity index (χ0n) is 7.77. The summed E-state index contributed by atoms with van der Waals surface area (Å²) >= 11 is 0. The number of aromatic carboxylic acids is 1. The number of rotatable bonds is 4. The third-order valence-corrected chi connectivity index (χ3v) is 1.59. The standard InChI is InChI=1S/C9H12N2O3/c1-6(12)3-11-8-2-7(9(13)14)4-10-5-8/h2,4-6,11-12H,3H2,1H3,(H,13,14). The van der Waals surface area contributed by atoms with Crippen molar-refractivity contribution in [3.8, 4) is 0 Å². The van der Waals surface area contributed by atoms with Crippen molar-refractivity contribution in [2.75, 3.05) is 11.9 Å². The van der Waals surface area contributed by atoms with Crippen LogP contribution in [-0.4, -0.2) is 33.8 Å². The van der Waals surface area contributed by atoms with Crippen LogP contribution in [-0.2, 0) is 0 Å². The molecule has 0 amide bonds. The largest absolute Gasteiger partial charge is 0.478 e. The Morgan fingerprint density at radius 2 is 2.36 bits per heavy atom. The van der Waals surface area contributed by atoms with E-state index in [9.17, 15) is 4.79 Å². The topological polar surface area (TPSA) is 82.5 Å². The minimum absolute atomic E-state index is 0.126. The second-order valence-corrected chi connectivity index (χ2v) is 3.00. The van der Waals surface area contributed by atoms with E-state index < -0.39 is 12.1 Å². The molecule has 1 aromatic heterocycles. The van der Waals surface area contributed by atoms with Crippen LogP contribution in [0, 0.1) is 0 Å². The second kappa shape index (κ2) is 4.57. The highest BCUT2D eigenvalue weighted by atomic mass is 16.4. The minimum atomic E-state index is -1.02. The van der Waals surface area contributed by atoms with Gasteiger partial charge in [0.25, 0.3) is 0 Å². The van der Waals surface area contributed by atoms with Gasteiger partial charge in [-0.1, -0.05) is 0 Å². The molecule has 1 atom stereocenters. The number of carboxylic acids is 1. The van der Waals surface area contributed by atoms with E-state index in [1.54, 1.807) is 6.92 Å². The molecule has 0 aromatic carbocycles. The number of aliphatic hydroxyl groups is 1. The Labute approximate surface area is 81.4 Å². The maximum atomic E-state index is 10.6. The number of nitrogens with zero attached hydrogens (tertiary/aromatic N) is 1. The Morgan fingerprint density at radius 3 is 2.93 bits per heavy atom. The number of carbonyl (C=O) groups is 1. The summed E-state index contributed by atoms with van der Waals surface area (Å²) in [6.07, 6.45) is 2.30. The SMILES string of the molecule is CC(O)CNc1cncc(C(=O)O)c1. The summed E-state index contributed by atoms with van der Waals surface area (Å²) in [5.74, 6) is -1.02. The van der Waals surface area contributed by atoms with Gasteiger partial charge in [0.1, 0.15) is 0 Å². The van der Waals surface area contributed by atoms with Crippen LogP contribution in [0.1, 0.15) is 17.3 Å². The van der Waals surface area contributed by atoms with Crippen LogP contribution in [0.5, 0.6) is 0 Å². The summed E-state index contributed by atoms with van der Waals surface area (Å²) in [7, 11) is 0. The summed E-state index contributed by atoms with van der Waals surface area (Å²) in [4.78, 5) is 14.3. The molecule has 0 aliphatic rings. The van der Waals surface area contributed by atoms with Gasteiger partial charge in [0.05, 0.1) is 17.4 Å². The van der Waals surface area contributed by atoms with Crippen LogP contribution in [0.2, 0.25) is 0 Å². The molecule has 0 saturated heterocycles. The maximum absolute atomic E-state index is 10.6. The van der Waals surface area contributed by atoms with Crippen LogP contribution in [0.3, 0.4) is 0 Å². The van der Waals surface area contributed by atoms with E-state index in [0.29, 0.717) is 12.2 Å². The summed E-state index contributed by atoms with van der Waals surface area (Å²) in [5.41, 5.74) is 0.714. The molecule has 1 unspecified atom stereocenters. The lowest BCUT2D eigenvalue weighted by Crippen LogP contribution is -2.15. The first-order valence-corrected chi connectivity index (χ1v) is 4.20. The quantitative estimate of drug-likeness (QED) is 0.655. The van der Waals surface area contributed by atoms with E-state index in [1.165, 1.54) is 18.5 Å². The molecule has 0 radical (unpaired) electrons. The highest BCUT2D eigenvalue weighted by Gasteiger charge is 2.04. The highest BCUT2D eigenvalue weighted by Crippen LogP contribution is 2.07. The van der Waals surface area contributed by atoms with Crippen LogP contribution < -0.4 is 5.32 Å². The lowest BCUT2D eigenvalue weighted by Gasteiger charge is -2.07. The molecule has 1 rings (SSSR count). The minimum Gasteiger partial charge on any atom is -0.478 e. The average Bonchev–Trinajstić information content (AvgIpc) is 2.15. The van der Waals surface area contributed by atoms with Crippen LogP contribution in [0.15, 0.2) is 18.5 Å². The average molecular weight is 196 g/mol. The van der Waals surface area contributed by atoms with Crippen molar-refractivity contribution in [1.29, 1.82) is 0 Å². The fourth-order valence-electron chi connectivity index (χ4n) is 0.919. The highest BCUT2D eigenvalue weighted by molar-refractivity contribution is 5.88. The Kier molecular flexibility index (Phi) is 3.41. The smallest absolute Gasteiger partial charge is 0.337 e. The van der Waals surface area contributed by atoms with Gasteiger partial charge in [0.15, 0.2) is 0 Å². The normalized spacial score (nSPS) is 12.1. The molecule has 3 N–H and O–H groups in total. The molecule has 5 heteroatoms. The van der Waals surface area contributed by atoms with Crippen molar-refractivity contribution in [3.05, 3.63) is 24.0 Å². The van der Waals surface area contributed by atoms with Gasteiger partial charge in [-0.05, 0) is 13.0 Å². The Balaban J connectivity index is 2.69. The van der Waals surface area contributed by atoms with Gasteiger partial charge in [0, 0.05) is 18.9 Å². The Morgan fingerprint density at radius 1 is 1.64 bits per heavy atom. The van der Waals surface area contributed by atoms with Crippen molar-refractivity contribution < 1.29 is 15.0 Å². The molecule has 76 valence electrons. The molecule has 5 nitrogen and oxygen atoms in total. The molecule has 0 aliphatic carbocycles. The van der Waals surface area contributed by atoms with Crippen molar-refractivity contribution >= 4 is 11.7 Å². The van der Waals surface area contributed by atoms with Gasteiger partial charge >= 0.3 is 5.97 Å². The zero-order chi connectivity index (χ0) is 10.6. The van der Waals surface area contributed by atoms with E-state index in [2.05, 4.69) is 10.3 Å². The number of hydrogen-bond acceptors (Lipinski definition) is 4. The van der Waals surface area contributed by atoms with E-state index in [0.717, 1.165) is 0 Å². The summed E-state index contributed by atoms with van der Waals surface area (Å²) in [5, 5.41) is 20.5. The van der Waals surface area contributed by atoms with Gasteiger partial charge in [-0.3, -0.25) is 4.98 Å². The Bertz CT molecular complexity index is 326. The first-order chi connectivity index (χ1) is 6.59. The first kappa shape index (κ1) is 10.5. The van der Waals surface area contributed by atoms with E-state index in [4.69, 9.17) is 10.2 Å². The van der Waals surface area contributed by atoms with Gasteiger partial charge in [-0.25, -0.2) is 4.79 Å². The molecular weight excluding hydrogens is 184 g/mol. The second-order valence-electron chi connectivity index (χ2n) is 3.00. The molecule has 0 spiro atoms. The maximum Gasteiger partial charge on any atom is 0.337 e. The lowest BCUT2D eigenvalue weighted by molar-refractivity contribution is 0.0696. The molecular formula is C9H12N2O3. The predicted molar refractivity (Wildman–Crippen MR) is 51.4 cm³/mol. The number of anilines is 1. The third kappa shape index (κ3) is 3.02. The molecule has 0 aliphatic heterocycles. The first-order valence-electron chi connectivity index (χ1n) is 4.20. The molecule has 0 saturated carbocycles. The number of aromatic nitrogens is 1. The van der Waals surface area contributed by atoms with Crippen LogP contribution >= 0.6 is 0 Å². The molecule has 1 aromatic rings.